The number of halogens is 2. The fourth-order valence-corrected chi connectivity index (χ4v) is 2.97. The van der Waals surface area contributed by atoms with Gasteiger partial charge in [0.2, 0.25) is 5.91 Å². The van der Waals surface area contributed by atoms with Gasteiger partial charge in [-0.3, -0.25) is 9.69 Å². The van der Waals surface area contributed by atoms with Crippen molar-refractivity contribution >= 4 is 29.1 Å². The summed E-state index contributed by atoms with van der Waals surface area (Å²) in [5.41, 5.74) is 1.06. The van der Waals surface area contributed by atoms with Crippen molar-refractivity contribution in [1.29, 1.82) is 0 Å². The van der Waals surface area contributed by atoms with Crippen molar-refractivity contribution in [3.8, 4) is 0 Å². The Morgan fingerprint density at radius 3 is 2.55 bits per heavy atom. The van der Waals surface area contributed by atoms with Crippen LogP contribution in [0, 0.1) is 0 Å². The van der Waals surface area contributed by atoms with E-state index in [9.17, 15) is 4.79 Å². The maximum atomic E-state index is 11.7. The van der Waals surface area contributed by atoms with E-state index in [1.54, 1.807) is 0 Å². The Morgan fingerprint density at radius 1 is 1.20 bits per heavy atom. The average Bonchev–Trinajstić information content (AvgIpc) is 2.62. The summed E-state index contributed by atoms with van der Waals surface area (Å²) in [4.78, 5) is 20.0. The summed E-state index contributed by atoms with van der Waals surface area (Å²) in [7, 11) is 0. The van der Waals surface area contributed by atoms with Gasteiger partial charge in [0.15, 0.2) is 0 Å². The molecule has 4 nitrogen and oxygen atoms in total. The van der Waals surface area contributed by atoms with Crippen LogP contribution in [0.1, 0.15) is 25.3 Å². The smallest absolute Gasteiger partial charge is 0.222 e. The van der Waals surface area contributed by atoms with Gasteiger partial charge in [0.1, 0.15) is 10.3 Å². The van der Waals surface area contributed by atoms with E-state index >= 15 is 0 Å². The molecule has 1 amide bonds. The van der Waals surface area contributed by atoms with Crippen LogP contribution in [0.3, 0.4) is 0 Å². The van der Waals surface area contributed by atoms with Crippen molar-refractivity contribution in [2.45, 2.75) is 26.3 Å². The molecule has 0 spiro atoms. The van der Waals surface area contributed by atoms with Crippen LogP contribution in [0.15, 0.2) is 12.1 Å². The molecule has 0 saturated carbocycles. The highest BCUT2D eigenvalue weighted by molar-refractivity contribution is 6.32. The number of aromatic nitrogens is 1. The predicted octanol–water partition coefficient (Wildman–Crippen LogP) is 2.83. The fourth-order valence-electron chi connectivity index (χ4n) is 2.47. The van der Waals surface area contributed by atoms with Crippen molar-refractivity contribution < 1.29 is 4.79 Å². The standard InChI is InChI=1S/C14H19Cl2N3O/c1-2-14(20)19-5-3-4-18(6-7-19)10-11-8-12(15)17-13(16)9-11/h8-9H,2-7,10H2,1H3. The number of carbonyl (C=O) groups excluding carboxylic acids is 1. The van der Waals surface area contributed by atoms with Crippen LogP contribution in [0.2, 0.25) is 10.3 Å². The minimum Gasteiger partial charge on any atom is -0.341 e. The first kappa shape index (κ1) is 15.5. The molecule has 0 unspecified atom stereocenters. The molecule has 1 aliphatic heterocycles. The summed E-state index contributed by atoms with van der Waals surface area (Å²) in [6.07, 6.45) is 1.58. The molecule has 20 heavy (non-hydrogen) atoms. The summed E-state index contributed by atoms with van der Waals surface area (Å²) in [6.45, 7) is 6.19. The summed E-state index contributed by atoms with van der Waals surface area (Å²) in [5.74, 6) is 0.238. The average molecular weight is 316 g/mol. The molecular weight excluding hydrogens is 297 g/mol. The molecule has 1 saturated heterocycles. The molecule has 1 aromatic rings. The van der Waals surface area contributed by atoms with Crippen LogP contribution in [-0.2, 0) is 11.3 Å². The SMILES string of the molecule is CCC(=O)N1CCCN(Cc2cc(Cl)nc(Cl)c2)CC1. The number of carbonyl (C=O) groups is 1. The molecule has 0 aromatic carbocycles. The Hall–Kier alpha value is -0.840. The molecular formula is C14H19Cl2N3O. The van der Waals surface area contributed by atoms with Crippen molar-refractivity contribution in [2.24, 2.45) is 0 Å². The largest absolute Gasteiger partial charge is 0.341 e. The maximum Gasteiger partial charge on any atom is 0.222 e. The van der Waals surface area contributed by atoms with E-state index in [1.165, 1.54) is 0 Å². The monoisotopic (exact) mass is 315 g/mol. The van der Waals surface area contributed by atoms with Crippen LogP contribution in [0.5, 0.6) is 0 Å². The Balaban J connectivity index is 1.95. The Labute approximate surface area is 129 Å². The fraction of sp³-hybridized carbons (Fsp3) is 0.571. The first-order valence-electron chi connectivity index (χ1n) is 6.90. The first-order valence-corrected chi connectivity index (χ1v) is 7.66. The highest BCUT2D eigenvalue weighted by Gasteiger charge is 2.18. The highest BCUT2D eigenvalue weighted by Crippen LogP contribution is 2.17. The molecule has 1 aromatic heterocycles. The molecule has 2 rings (SSSR count). The van der Waals surface area contributed by atoms with Crippen LogP contribution < -0.4 is 0 Å². The zero-order chi connectivity index (χ0) is 14.5. The lowest BCUT2D eigenvalue weighted by Crippen LogP contribution is -2.34. The number of amides is 1. The van der Waals surface area contributed by atoms with Gasteiger partial charge in [-0.05, 0) is 24.1 Å². The zero-order valence-corrected chi connectivity index (χ0v) is 13.1. The first-order chi connectivity index (χ1) is 9.58. The third kappa shape index (κ3) is 4.33. The van der Waals surface area contributed by atoms with Crippen molar-refractivity contribution in [3.63, 3.8) is 0 Å². The molecule has 0 radical (unpaired) electrons. The van der Waals surface area contributed by atoms with Crippen LogP contribution in [-0.4, -0.2) is 46.9 Å². The van der Waals surface area contributed by atoms with E-state index in [0.29, 0.717) is 16.7 Å². The molecule has 1 fully saturated rings. The molecule has 0 aliphatic carbocycles. The maximum absolute atomic E-state index is 11.7. The summed E-state index contributed by atoms with van der Waals surface area (Å²) >= 11 is 11.8. The number of hydrogen-bond donors (Lipinski definition) is 0. The second kappa shape index (κ2) is 7.25. The Kier molecular flexibility index (Phi) is 5.64. The lowest BCUT2D eigenvalue weighted by atomic mass is 10.2. The quantitative estimate of drug-likeness (QED) is 0.805. The van der Waals surface area contributed by atoms with E-state index < -0.39 is 0 Å². The van der Waals surface area contributed by atoms with Gasteiger partial charge in [0.05, 0.1) is 0 Å². The third-order valence-electron chi connectivity index (χ3n) is 3.47. The number of hydrogen-bond acceptors (Lipinski definition) is 3. The lowest BCUT2D eigenvalue weighted by molar-refractivity contribution is -0.130. The summed E-state index contributed by atoms with van der Waals surface area (Å²) in [5, 5.41) is 0.843. The van der Waals surface area contributed by atoms with Gasteiger partial charge in [-0.1, -0.05) is 30.1 Å². The van der Waals surface area contributed by atoms with Gasteiger partial charge in [-0.2, -0.15) is 0 Å². The van der Waals surface area contributed by atoms with Gasteiger partial charge in [0, 0.05) is 39.1 Å². The third-order valence-corrected chi connectivity index (χ3v) is 3.86. The van der Waals surface area contributed by atoms with Crippen molar-refractivity contribution in [3.05, 3.63) is 28.0 Å². The van der Waals surface area contributed by atoms with E-state index in [-0.39, 0.29) is 5.91 Å². The molecule has 110 valence electrons. The van der Waals surface area contributed by atoms with Gasteiger partial charge >= 0.3 is 0 Å². The van der Waals surface area contributed by atoms with Crippen molar-refractivity contribution in [2.75, 3.05) is 26.2 Å². The normalized spacial score (nSPS) is 17.1. The number of pyridine rings is 1. The summed E-state index contributed by atoms with van der Waals surface area (Å²) < 4.78 is 0. The molecule has 0 N–H and O–H groups in total. The highest BCUT2D eigenvalue weighted by atomic mass is 35.5. The molecule has 2 heterocycles. The molecule has 6 heteroatoms. The molecule has 1 aliphatic rings. The number of nitrogens with zero attached hydrogens (tertiary/aromatic N) is 3. The lowest BCUT2D eigenvalue weighted by Gasteiger charge is -2.21. The Bertz CT molecular complexity index is 461. The minimum atomic E-state index is 0.238. The minimum absolute atomic E-state index is 0.238. The van der Waals surface area contributed by atoms with Gasteiger partial charge in [-0.25, -0.2) is 4.98 Å². The van der Waals surface area contributed by atoms with Crippen LogP contribution in [0.25, 0.3) is 0 Å². The van der Waals surface area contributed by atoms with Gasteiger partial charge < -0.3 is 4.90 Å². The molecule has 0 bridgehead atoms. The van der Waals surface area contributed by atoms with Crippen molar-refractivity contribution in [1.82, 2.24) is 14.8 Å². The summed E-state index contributed by atoms with van der Waals surface area (Å²) in [6, 6.07) is 3.68. The Morgan fingerprint density at radius 2 is 1.90 bits per heavy atom. The van der Waals surface area contributed by atoms with E-state index in [1.807, 2.05) is 24.0 Å². The topological polar surface area (TPSA) is 36.4 Å². The molecule has 0 atom stereocenters. The van der Waals surface area contributed by atoms with Gasteiger partial charge in [-0.15, -0.1) is 0 Å². The second-order valence-corrected chi connectivity index (χ2v) is 5.76. The van der Waals surface area contributed by atoms with E-state index in [2.05, 4.69) is 9.88 Å². The van der Waals surface area contributed by atoms with Crippen LogP contribution >= 0.6 is 23.2 Å². The van der Waals surface area contributed by atoms with Crippen LogP contribution in [0.4, 0.5) is 0 Å². The number of rotatable bonds is 3. The van der Waals surface area contributed by atoms with E-state index in [0.717, 1.165) is 44.7 Å². The van der Waals surface area contributed by atoms with E-state index in [4.69, 9.17) is 23.2 Å². The second-order valence-electron chi connectivity index (χ2n) is 4.98. The zero-order valence-electron chi connectivity index (χ0n) is 11.6. The predicted molar refractivity (Wildman–Crippen MR) is 81.0 cm³/mol. The van der Waals surface area contributed by atoms with Gasteiger partial charge in [0.25, 0.3) is 0 Å².